The zero-order valence-corrected chi connectivity index (χ0v) is 17.6. The van der Waals surface area contributed by atoms with Gasteiger partial charge in [-0.25, -0.2) is 0 Å². The molecule has 0 aromatic heterocycles. The third-order valence-electron chi connectivity index (χ3n) is 7.70. The lowest BCUT2D eigenvalue weighted by molar-refractivity contribution is -0.146. The molecule has 0 aromatic carbocycles. The molecule has 0 aromatic rings. The normalized spacial score (nSPS) is 27.6. The van der Waals surface area contributed by atoms with Gasteiger partial charge in [-0.3, -0.25) is 9.59 Å². The number of likely N-dealkylation sites (tertiary alicyclic amines) is 2. The smallest absolute Gasteiger partial charge is 0.226 e. The third kappa shape index (κ3) is 4.72. The average molecular weight is 390 g/mol. The Morgan fingerprint density at radius 2 is 1.46 bits per heavy atom. The van der Waals surface area contributed by atoms with E-state index in [9.17, 15) is 9.59 Å². The van der Waals surface area contributed by atoms with Crippen LogP contribution in [0.15, 0.2) is 0 Å². The topological polar surface area (TPSA) is 43.9 Å². The van der Waals surface area contributed by atoms with Crippen molar-refractivity contribution < 1.29 is 9.59 Å². The predicted molar refractivity (Wildman–Crippen MR) is 111 cm³/mol. The Bertz CT molecular complexity index is 536. The first-order valence-electron chi connectivity index (χ1n) is 12.0. The molecule has 2 amide bonds. The lowest BCUT2D eigenvalue weighted by Crippen LogP contribution is -2.55. The first kappa shape index (κ1) is 20.2. The minimum absolute atomic E-state index is 0.233. The summed E-state index contributed by atoms with van der Waals surface area (Å²) >= 11 is 0. The number of carbonyl (C=O) groups is 2. The monoisotopic (exact) mass is 389 g/mol. The molecule has 1 atom stereocenters. The number of piperidine rings is 1. The van der Waals surface area contributed by atoms with E-state index in [0.29, 0.717) is 11.8 Å². The highest BCUT2D eigenvalue weighted by atomic mass is 16.2. The molecule has 0 radical (unpaired) electrons. The predicted octanol–water partition coefficient (Wildman–Crippen LogP) is 3.28. The summed E-state index contributed by atoms with van der Waals surface area (Å²) < 4.78 is 0. The molecule has 4 aliphatic rings. The Morgan fingerprint density at radius 1 is 0.750 bits per heavy atom. The molecule has 4 fully saturated rings. The van der Waals surface area contributed by atoms with Crippen LogP contribution in [0.1, 0.15) is 77.0 Å². The maximum atomic E-state index is 13.2. The SMILES string of the molecule is O=C(C1CCCCC1)N1CCCC(N(CCN2CCCC2)C(=O)C2CCC2)C1. The molecule has 4 rings (SSSR count). The van der Waals surface area contributed by atoms with Crippen LogP contribution in [0, 0.1) is 11.8 Å². The molecule has 0 spiro atoms. The van der Waals surface area contributed by atoms with Crippen LogP contribution < -0.4 is 0 Å². The van der Waals surface area contributed by atoms with Crippen LogP contribution in [0.4, 0.5) is 0 Å². The summed E-state index contributed by atoms with van der Waals surface area (Å²) in [5.74, 6) is 1.25. The number of hydrogen-bond acceptors (Lipinski definition) is 3. The molecule has 28 heavy (non-hydrogen) atoms. The highest BCUT2D eigenvalue weighted by molar-refractivity contribution is 5.81. The number of rotatable bonds is 6. The fourth-order valence-electron chi connectivity index (χ4n) is 5.63. The molecule has 2 heterocycles. The van der Waals surface area contributed by atoms with Gasteiger partial charge in [0.2, 0.25) is 11.8 Å². The van der Waals surface area contributed by atoms with Crippen molar-refractivity contribution in [1.82, 2.24) is 14.7 Å². The summed E-state index contributed by atoms with van der Waals surface area (Å²) in [6.07, 6.45) is 13.9. The van der Waals surface area contributed by atoms with E-state index in [1.165, 1.54) is 51.6 Å². The van der Waals surface area contributed by atoms with E-state index in [1.54, 1.807) is 0 Å². The maximum Gasteiger partial charge on any atom is 0.226 e. The number of nitrogens with zero attached hydrogens (tertiary/aromatic N) is 3. The molecular weight excluding hydrogens is 350 g/mol. The van der Waals surface area contributed by atoms with Crippen LogP contribution in [-0.4, -0.2) is 71.8 Å². The van der Waals surface area contributed by atoms with Gasteiger partial charge < -0.3 is 14.7 Å². The zero-order chi connectivity index (χ0) is 19.3. The number of hydrogen-bond donors (Lipinski definition) is 0. The lowest BCUT2D eigenvalue weighted by Gasteiger charge is -2.43. The van der Waals surface area contributed by atoms with Crippen molar-refractivity contribution in [2.24, 2.45) is 11.8 Å². The summed E-state index contributed by atoms with van der Waals surface area (Å²) in [4.78, 5) is 33.1. The van der Waals surface area contributed by atoms with Gasteiger partial charge in [-0.05, 0) is 64.5 Å². The second-order valence-corrected chi connectivity index (χ2v) is 9.62. The Kier molecular flexibility index (Phi) is 6.92. The highest BCUT2D eigenvalue weighted by Gasteiger charge is 2.37. The van der Waals surface area contributed by atoms with Gasteiger partial charge in [-0.2, -0.15) is 0 Å². The van der Waals surface area contributed by atoms with E-state index in [0.717, 1.165) is 64.7 Å². The van der Waals surface area contributed by atoms with Gasteiger partial charge in [0.1, 0.15) is 0 Å². The van der Waals surface area contributed by atoms with E-state index in [4.69, 9.17) is 0 Å². The van der Waals surface area contributed by atoms with E-state index in [-0.39, 0.29) is 17.9 Å². The molecule has 0 N–H and O–H groups in total. The largest absolute Gasteiger partial charge is 0.340 e. The van der Waals surface area contributed by atoms with Crippen molar-refractivity contribution in [2.45, 2.75) is 83.1 Å². The van der Waals surface area contributed by atoms with E-state index < -0.39 is 0 Å². The average Bonchev–Trinajstić information content (AvgIpc) is 3.21. The van der Waals surface area contributed by atoms with Crippen molar-refractivity contribution in [3.8, 4) is 0 Å². The first-order chi connectivity index (χ1) is 13.7. The Labute approximate surface area is 170 Å². The molecule has 2 aliphatic heterocycles. The second-order valence-electron chi connectivity index (χ2n) is 9.62. The van der Waals surface area contributed by atoms with Crippen molar-refractivity contribution in [1.29, 1.82) is 0 Å². The molecule has 2 aliphatic carbocycles. The van der Waals surface area contributed by atoms with Gasteiger partial charge in [0.25, 0.3) is 0 Å². The van der Waals surface area contributed by atoms with Gasteiger partial charge in [0, 0.05) is 44.1 Å². The van der Waals surface area contributed by atoms with Gasteiger partial charge in [0.15, 0.2) is 0 Å². The molecule has 1 unspecified atom stereocenters. The molecule has 2 saturated heterocycles. The van der Waals surface area contributed by atoms with Gasteiger partial charge in [-0.1, -0.05) is 25.7 Å². The van der Waals surface area contributed by atoms with Gasteiger partial charge in [0.05, 0.1) is 0 Å². The van der Waals surface area contributed by atoms with E-state index >= 15 is 0 Å². The zero-order valence-electron chi connectivity index (χ0n) is 17.6. The van der Waals surface area contributed by atoms with Crippen LogP contribution >= 0.6 is 0 Å². The minimum atomic E-state index is 0.233. The summed E-state index contributed by atoms with van der Waals surface area (Å²) in [7, 11) is 0. The molecule has 2 saturated carbocycles. The van der Waals surface area contributed by atoms with Gasteiger partial charge in [-0.15, -0.1) is 0 Å². The highest BCUT2D eigenvalue weighted by Crippen LogP contribution is 2.31. The summed E-state index contributed by atoms with van der Waals surface area (Å²) in [5.41, 5.74) is 0. The number of amides is 2. The van der Waals surface area contributed by atoms with Crippen LogP contribution in [0.25, 0.3) is 0 Å². The molecule has 158 valence electrons. The Morgan fingerprint density at radius 3 is 2.14 bits per heavy atom. The molecule has 5 nitrogen and oxygen atoms in total. The molecule has 5 heteroatoms. The quantitative estimate of drug-likeness (QED) is 0.700. The van der Waals surface area contributed by atoms with Crippen LogP contribution in [0.5, 0.6) is 0 Å². The minimum Gasteiger partial charge on any atom is -0.340 e. The fourth-order valence-corrected chi connectivity index (χ4v) is 5.63. The van der Waals surface area contributed by atoms with E-state index in [1.807, 2.05) is 0 Å². The summed E-state index contributed by atoms with van der Waals surface area (Å²) in [5, 5.41) is 0. The maximum absolute atomic E-state index is 13.2. The fraction of sp³-hybridized carbons (Fsp3) is 0.913. The van der Waals surface area contributed by atoms with Crippen molar-refractivity contribution >= 4 is 11.8 Å². The van der Waals surface area contributed by atoms with Crippen molar-refractivity contribution in [2.75, 3.05) is 39.3 Å². The molecular formula is C23H39N3O2. The van der Waals surface area contributed by atoms with Crippen LogP contribution in [0.2, 0.25) is 0 Å². The Balaban J connectivity index is 1.38. The summed E-state index contributed by atoms with van der Waals surface area (Å²) in [6.45, 7) is 5.89. The third-order valence-corrected chi connectivity index (χ3v) is 7.70. The first-order valence-corrected chi connectivity index (χ1v) is 12.0. The van der Waals surface area contributed by atoms with E-state index in [2.05, 4.69) is 14.7 Å². The standard InChI is InChI=1S/C23H39N3O2/c27-22(19-8-2-1-3-9-19)25-15-7-12-21(18-25)26(23(28)20-10-6-11-20)17-16-24-13-4-5-14-24/h19-21H,1-18H2. The van der Waals surface area contributed by atoms with Crippen molar-refractivity contribution in [3.63, 3.8) is 0 Å². The summed E-state index contributed by atoms with van der Waals surface area (Å²) in [6, 6.07) is 0.233. The Hall–Kier alpha value is -1.10. The van der Waals surface area contributed by atoms with Crippen LogP contribution in [-0.2, 0) is 9.59 Å². The second kappa shape index (κ2) is 9.60. The number of carbonyl (C=O) groups excluding carboxylic acids is 2. The molecule has 0 bridgehead atoms. The lowest BCUT2D eigenvalue weighted by atomic mass is 9.83. The van der Waals surface area contributed by atoms with Gasteiger partial charge >= 0.3 is 0 Å². The van der Waals surface area contributed by atoms with Crippen LogP contribution in [0.3, 0.4) is 0 Å². The van der Waals surface area contributed by atoms with Crippen molar-refractivity contribution in [3.05, 3.63) is 0 Å².